The fraction of sp³-hybridized carbons (Fsp3) is 0.385. The summed E-state index contributed by atoms with van der Waals surface area (Å²) < 4.78 is 0. The van der Waals surface area contributed by atoms with Crippen LogP contribution in [-0.4, -0.2) is 6.54 Å². The Morgan fingerprint density at radius 2 is 1.93 bits per heavy atom. The van der Waals surface area contributed by atoms with Crippen LogP contribution in [0.4, 0.5) is 0 Å². The van der Waals surface area contributed by atoms with Crippen LogP contribution in [0.15, 0.2) is 30.9 Å². The Hall–Kier alpha value is -1.08. The molecule has 76 valence electrons. The first-order valence-corrected chi connectivity index (χ1v) is 5.12. The molecule has 0 saturated heterocycles. The van der Waals surface area contributed by atoms with E-state index in [9.17, 15) is 0 Å². The number of rotatable bonds is 5. The second kappa shape index (κ2) is 5.61. The summed E-state index contributed by atoms with van der Waals surface area (Å²) in [5, 5.41) is 3.41. The van der Waals surface area contributed by atoms with Crippen LogP contribution >= 0.6 is 0 Å². The molecule has 1 aromatic carbocycles. The lowest BCUT2D eigenvalue weighted by molar-refractivity contribution is 0.690. The number of hydrogen-bond donors (Lipinski definition) is 1. The molecule has 0 spiro atoms. The summed E-state index contributed by atoms with van der Waals surface area (Å²) in [6, 6.07) is 6.44. The Kier molecular flexibility index (Phi) is 4.41. The molecule has 0 fully saturated rings. The van der Waals surface area contributed by atoms with Crippen molar-refractivity contribution in [2.75, 3.05) is 6.54 Å². The molecular formula is C13H19N. The smallest absolute Gasteiger partial charge is 0.0210 e. The molecule has 1 rings (SSSR count). The van der Waals surface area contributed by atoms with E-state index in [1.54, 1.807) is 0 Å². The third-order valence-corrected chi connectivity index (χ3v) is 2.47. The van der Waals surface area contributed by atoms with Gasteiger partial charge in [-0.15, -0.1) is 6.58 Å². The van der Waals surface area contributed by atoms with Crippen LogP contribution in [0, 0.1) is 13.8 Å². The van der Waals surface area contributed by atoms with Gasteiger partial charge in [-0.25, -0.2) is 0 Å². The van der Waals surface area contributed by atoms with Crippen LogP contribution in [0.25, 0.3) is 0 Å². The fourth-order valence-electron chi connectivity index (χ4n) is 1.55. The molecule has 0 aliphatic rings. The van der Waals surface area contributed by atoms with E-state index in [1.165, 1.54) is 16.7 Å². The molecule has 1 N–H and O–H groups in total. The van der Waals surface area contributed by atoms with Crippen molar-refractivity contribution in [3.05, 3.63) is 47.5 Å². The maximum atomic E-state index is 3.70. The lowest BCUT2D eigenvalue weighted by Gasteiger charge is -2.10. The van der Waals surface area contributed by atoms with Crippen molar-refractivity contribution >= 4 is 0 Å². The molecule has 0 aromatic heterocycles. The van der Waals surface area contributed by atoms with E-state index < -0.39 is 0 Å². The van der Waals surface area contributed by atoms with Gasteiger partial charge in [-0.05, 0) is 43.5 Å². The van der Waals surface area contributed by atoms with E-state index in [4.69, 9.17) is 0 Å². The summed E-state index contributed by atoms with van der Waals surface area (Å²) in [5.74, 6) is 0. The molecule has 0 saturated carbocycles. The Balaban J connectivity index is 2.53. The minimum absolute atomic E-state index is 0.965. The van der Waals surface area contributed by atoms with Crippen molar-refractivity contribution in [2.45, 2.75) is 26.8 Å². The molecule has 0 aliphatic heterocycles. The van der Waals surface area contributed by atoms with Crippen molar-refractivity contribution < 1.29 is 0 Å². The molecule has 0 bridgehead atoms. The zero-order chi connectivity index (χ0) is 10.4. The summed E-state index contributed by atoms with van der Waals surface area (Å²) in [5.41, 5.74) is 4.17. The summed E-state index contributed by atoms with van der Waals surface area (Å²) >= 11 is 0. The molecule has 1 nitrogen and oxygen atoms in total. The van der Waals surface area contributed by atoms with Crippen LogP contribution in [0.2, 0.25) is 0 Å². The predicted octanol–water partition coefficient (Wildman–Crippen LogP) is 2.97. The first-order chi connectivity index (χ1) is 6.75. The molecule has 0 radical (unpaired) electrons. The highest BCUT2D eigenvalue weighted by Crippen LogP contribution is 2.12. The summed E-state index contributed by atoms with van der Waals surface area (Å²) in [4.78, 5) is 0. The third kappa shape index (κ3) is 3.00. The molecule has 0 unspecified atom stereocenters. The molecule has 0 atom stereocenters. The lowest BCUT2D eigenvalue weighted by Crippen LogP contribution is -2.15. The summed E-state index contributed by atoms with van der Waals surface area (Å²) in [6.07, 6.45) is 2.97. The maximum absolute atomic E-state index is 3.70. The standard InChI is InChI=1S/C13H19N/c1-4-5-9-14-10-13-11(2)7-6-8-12(13)3/h4,6-8,14H,1,5,9-10H2,2-3H3. The Morgan fingerprint density at radius 3 is 2.50 bits per heavy atom. The highest BCUT2D eigenvalue weighted by Gasteiger charge is 1.99. The lowest BCUT2D eigenvalue weighted by atomic mass is 10.0. The van der Waals surface area contributed by atoms with Gasteiger partial charge in [0.2, 0.25) is 0 Å². The molecule has 0 aliphatic carbocycles. The molecule has 0 heterocycles. The molecular weight excluding hydrogens is 170 g/mol. The minimum Gasteiger partial charge on any atom is -0.312 e. The number of nitrogens with one attached hydrogen (secondary N) is 1. The van der Waals surface area contributed by atoms with Gasteiger partial charge in [0.15, 0.2) is 0 Å². The summed E-state index contributed by atoms with van der Waals surface area (Å²) in [6.45, 7) is 10.0. The van der Waals surface area contributed by atoms with E-state index in [0.717, 1.165) is 19.5 Å². The third-order valence-electron chi connectivity index (χ3n) is 2.47. The van der Waals surface area contributed by atoms with Gasteiger partial charge in [-0.1, -0.05) is 24.3 Å². The highest BCUT2D eigenvalue weighted by molar-refractivity contribution is 5.33. The van der Waals surface area contributed by atoms with E-state index in [1.807, 2.05) is 6.08 Å². The first kappa shape index (κ1) is 11.0. The van der Waals surface area contributed by atoms with Crippen molar-refractivity contribution in [3.8, 4) is 0 Å². The van der Waals surface area contributed by atoms with Crippen molar-refractivity contribution in [2.24, 2.45) is 0 Å². The highest BCUT2D eigenvalue weighted by atomic mass is 14.8. The second-order valence-corrected chi connectivity index (χ2v) is 3.62. The molecule has 14 heavy (non-hydrogen) atoms. The van der Waals surface area contributed by atoms with Crippen molar-refractivity contribution in [1.29, 1.82) is 0 Å². The maximum Gasteiger partial charge on any atom is 0.0210 e. The van der Waals surface area contributed by atoms with E-state index in [2.05, 4.69) is 43.9 Å². The van der Waals surface area contributed by atoms with Crippen LogP contribution in [0.3, 0.4) is 0 Å². The second-order valence-electron chi connectivity index (χ2n) is 3.62. The Morgan fingerprint density at radius 1 is 1.29 bits per heavy atom. The quantitative estimate of drug-likeness (QED) is 0.554. The van der Waals surface area contributed by atoms with E-state index in [0.29, 0.717) is 0 Å². The average molecular weight is 189 g/mol. The Labute approximate surface area is 86.8 Å². The van der Waals surface area contributed by atoms with Crippen LogP contribution in [0.5, 0.6) is 0 Å². The minimum atomic E-state index is 0.965. The number of benzene rings is 1. The molecule has 0 amide bonds. The van der Waals surface area contributed by atoms with Crippen LogP contribution in [-0.2, 0) is 6.54 Å². The van der Waals surface area contributed by atoms with E-state index >= 15 is 0 Å². The van der Waals surface area contributed by atoms with Gasteiger partial charge in [0.05, 0.1) is 0 Å². The Bertz CT molecular complexity index is 282. The number of aryl methyl sites for hydroxylation is 2. The van der Waals surface area contributed by atoms with Gasteiger partial charge < -0.3 is 5.32 Å². The number of hydrogen-bond acceptors (Lipinski definition) is 1. The van der Waals surface area contributed by atoms with Gasteiger partial charge in [0.1, 0.15) is 0 Å². The molecule has 1 heteroatoms. The molecule has 1 aromatic rings. The van der Waals surface area contributed by atoms with Crippen molar-refractivity contribution in [3.63, 3.8) is 0 Å². The average Bonchev–Trinajstić information content (AvgIpc) is 2.16. The summed E-state index contributed by atoms with van der Waals surface area (Å²) in [7, 11) is 0. The van der Waals surface area contributed by atoms with Crippen molar-refractivity contribution in [1.82, 2.24) is 5.32 Å². The van der Waals surface area contributed by atoms with Crippen LogP contribution < -0.4 is 5.32 Å². The fourth-order valence-corrected chi connectivity index (χ4v) is 1.55. The van der Waals surface area contributed by atoms with Gasteiger partial charge >= 0.3 is 0 Å². The van der Waals surface area contributed by atoms with E-state index in [-0.39, 0.29) is 0 Å². The van der Waals surface area contributed by atoms with Gasteiger partial charge in [-0.2, -0.15) is 0 Å². The monoisotopic (exact) mass is 189 g/mol. The largest absolute Gasteiger partial charge is 0.312 e. The zero-order valence-corrected chi connectivity index (χ0v) is 9.14. The first-order valence-electron chi connectivity index (χ1n) is 5.12. The SMILES string of the molecule is C=CCCNCc1c(C)cccc1C. The normalized spacial score (nSPS) is 10.1. The van der Waals surface area contributed by atoms with Crippen LogP contribution in [0.1, 0.15) is 23.1 Å². The van der Waals surface area contributed by atoms with Gasteiger partial charge in [0.25, 0.3) is 0 Å². The van der Waals surface area contributed by atoms with Gasteiger partial charge in [0, 0.05) is 6.54 Å². The predicted molar refractivity (Wildman–Crippen MR) is 62.4 cm³/mol. The zero-order valence-electron chi connectivity index (χ0n) is 9.14. The topological polar surface area (TPSA) is 12.0 Å². The van der Waals surface area contributed by atoms with Gasteiger partial charge in [-0.3, -0.25) is 0 Å².